The number of carbonyl (C=O) groups excluding carboxylic acids is 1. The largest absolute Gasteiger partial charge is 0.481 e. The lowest BCUT2D eigenvalue weighted by Gasteiger charge is -2.38. The van der Waals surface area contributed by atoms with Gasteiger partial charge in [-0.3, -0.25) is 9.59 Å². The molecule has 0 aliphatic heterocycles. The number of amides is 1. The molecule has 116 valence electrons. The van der Waals surface area contributed by atoms with Crippen LogP contribution in [-0.2, 0) is 4.79 Å². The van der Waals surface area contributed by atoms with Crippen molar-refractivity contribution in [2.24, 2.45) is 5.41 Å². The highest BCUT2D eigenvalue weighted by atomic mass is 19.1. The first-order valence-electron chi connectivity index (χ1n) is 6.41. The highest BCUT2D eigenvalue weighted by Gasteiger charge is 2.44. The molecule has 1 amide bonds. The second kappa shape index (κ2) is 5.42. The van der Waals surface area contributed by atoms with Gasteiger partial charge in [0.05, 0.1) is 16.5 Å². The van der Waals surface area contributed by atoms with Crippen LogP contribution in [0.1, 0.15) is 43.6 Å². The summed E-state index contributed by atoms with van der Waals surface area (Å²) in [4.78, 5) is 23.4. The number of benzene rings is 1. The molecule has 0 atom stereocenters. The van der Waals surface area contributed by atoms with Crippen molar-refractivity contribution in [1.29, 1.82) is 0 Å². The molecular weight excluding hydrogens is 280 g/mol. The molecule has 0 aliphatic rings. The van der Waals surface area contributed by atoms with Gasteiger partial charge >= 0.3 is 5.97 Å². The SMILES string of the molecule is Cc1cc(C(=O)NC(C)(C)C(C)(C)C(=O)O)c(F)cc1F. The van der Waals surface area contributed by atoms with Gasteiger partial charge in [0.2, 0.25) is 0 Å². The highest BCUT2D eigenvalue weighted by Crippen LogP contribution is 2.31. The quantitative estimate of drug-likeness (QED) is 0.898. The average Bonchev–Trinajstić information content (AvgIpc) is 2.32. The number of hydrogen-bond acceptors (Lipinski definition) is 2. The van der Waals surface area contributed by atoms with Crippen molar-refractivity contribution in [3.8, 4) is 0 Å². The topological polar surface area (TPSA) is 66.4 Å². The van der Waals surface area contributed by atoms with Crippen LogP contribution >= 0.6 is 0 Å². The van der Waals surface area contributed by atoms with Crippen LogP contribution in [0.2, 0.25) is 0 Å². The fourth-order valence-corrected chi connectivity index (χ4v) is 1.61. The van der Waals surface area contributed by atoms with E-state index in [9.17, 15) is 23.5 Å². The number of aryl methyl sites for hydroxylation is 1. The molecule has 0 aromatic heterocycles. The molecule has 0 spiro atoms. The highest BCUT2D eigenvalue weighted by molar-refractivity contribution is 5.95. The molecule has 0 radical (unpaired) electrons. The second-order valence-corrected chi connectivity index (χ2v) is 6.09. The Morgan fingerprint density at radius 3 is 2.10 bits per heavy atom. The maximum Gasteiger partial charge on any atom is 0.311 e. The Morgan fingerprint density at radius 2 is 1.62 bits per heavy atom. The van der Waals surface area contributed by atoms with Gasteiger partial charge in [-0.1, -0.05) is 0 Å². The minimum Gasteiger partial charge on any atom is -0.481 e. The minimum absolute atomic E-state index is 0.136. The van der Waals surface area contributed by atoms with Crippen molar-refractivity contribution in [2.75, 3.05) is 0 Å². The fourth-order valence-electron chi connectivity index (χ4n) is 1.61. The Bertz CT molecular complexity index is 595. The van der Waals surface area contributed by atoms with E-state index in [-0.39, 0.29) is 11.1 Å². The first-order valence-corrected chi connectivity index (χ1v) is 6.41. The zero-order chi connectivity index (χ0) is 16.6. The van der Waals surface area contributed by atoms with Crippen molar-refractivity contribution in [1.82, 2.24) is 5.32 Å². The third-order valence-electron chi connectivity index (χ3n) is 4.02. The molecule has 4 nitrogen and oxygen atoms in total. The first-order chi connectivity index (χ1) is 9.40. The molecule has 0 saturated heterocycles. The minimum atomic E-state index is -1.27. The van der Waals surface area contributed by atoms with Gasteiger partial charge < -0.3 is 10.4 Å². The summed E-state index contributed by atoms with van der Waals surface area (Å²) >= 11 is 0. The zero-order valence-corrected chi connectivity index (χ0v) is 12.7. The van der Waals surface area contributed by atoms with E-state index >= 15 is 0 Å². The molecule has 1 rings (SSSR count). The van der Waals surface area contributed by atoms with Crippen LogP contribution in [0.25, 0.3) is 0 Å². The summed E-state index contributed by atoms with van der Waals surface area (Å²) in [7, 11) is 0. The Labute approximate surface area is 122 Å². The summed E-state index contributed by atoms with van der Waals surface area (Å²) in [6.07, 6.45) is 0. The van der Waals surface area contributed by atoms with Crippen LogP contribution in [0.3, 0.4) is 0 Å². The van der Waals surface area contributed by atoms with Crippen molar-refractivity contribution in [2.45, 2.75) is 40.2 Å². The summed E-state index contributed by atoms with van der Waals surface area (Å²) in [5.41, 5.74) is -2.58. The lowest BCUT2D eigenvalue weighted by Crippen LogP contribution is -2.57. The van der Waals surface area contributed by atoms with Crippen LogP contribution in [-0.4, -0.2) is 22.5 Å². The molecule has 0 bridgehead atoms. The van der Waals surface area contributed by atoms with E-state index in [1.54, 1.807) is 0 Å². The molecule has 0 unspecified atom stereocenters. The number of aliphatic carboxylic acids is 1. The van der Waals surface area contributed by atoms with E-state index in [0.717, 1.165) is 6.07 Å². The van der Waals surface area contributed by atoms with Gasteiger partial charge in [0.25, 0.3) is 5.91 Å². The van der Waals surface area contributed by atoms with Gasteiger partial charge in [0.15, 0.2) is 0 Å². The molecule has 1 aromatic rings. The summed E-state index contributed by atoms with van der Waals surface area (Å²) in [5.74, 6) is -3.60. The van der Waals surface area contributed by atoms with Gasteiger partial charge in [-0.05, 0) is 46.2 Å². The average molecular weight is 299 g/mol. The van der Waals surface area contributed by atoms with Crippen molar-refractivity contribution < 1.29 is 23.5 Å². The van der Waals surface area contributed by atoms with E-state index in [1.165, 1.54) is 34.6 Å². The van der Waals surface area contributed by atoms with Crippen LogP contribution in [0.4, 0.5) is 8.78 Å². The Morgan fingerprint density at radius 1 is 1.10 bits per heavy atom. The number of carboxylic acids is 1. The Hall–Kier alpha value is -1.98. The summed E-state index contributed by atoms with van der Waals surface area (Å²) in [5, 5.41) is 11.7. The van der Waals surface area contributed by atoms with E-state index in [1.807, 2.05) is 0 Å². The lowest BCUT2D eigenvalue weighted by atomic mass is 9.74. The molecule has 0 saturated carbocycles. The molecule has 2 N–H and O–H groups in total. The summed E-state index contributed by atoms with van der Waals surface area (Å²) in [6, 6.07) is 1.74. The number of nitrogens with one attached hydrogen (secondary N) is 1. The third-order valence-corrected chi connectivity index (χ3v) is 4.02. The van der Waals surface area contributed by atoms with Gasteiger partial charge in [-0.15, -0.1) is 0 Å². The van der Waals surface area contributed by atoms with E-state index in [0.29, 0.717) is 6.07 Å². The number of rotatable bonds is 4. The number of halogens is 2. The number of carboxylic acid groups (broad SMARTS) is 1. The van der Waals surface area contributed by atoms with Gasteiger partial charge in [0, 0.05) is 6.07 Å². The molecule has 1 aromatic carbocycles. The normalized spacial score (nSPS) is 12.1. The van der Waals surface area contributed by atoms with Gasteiger partial charge in [-0.25, -0.2) is 8.78 Å². The molecule has 0 heterocycles. The third kappa shape index (κ3) is 3.20. The van der Waals surface area contributed by atoms with Crippen molar-refractivity contribution in [3.63, 3.8) is 0 Å². The van der Waals surface area contributed by atoms with Crippen LogP contribution in [0.5, 0.6) is 0 Å². The summed E-state index contributed by atoms with van der Waals surface area (Å²) in [6.45, 7) is 7.41. The Kier molecular flexibility index (Phi) is 4.41. The number of carbonyl (C=O) groups is 2. The predicted molar refractivity (Wildman–Crippen MR) is 74.1 cm³/mol. The standard InChI is InChI=1S/C15H19F2NO3/c1-8-6-9(11(17)7-10(8)16)12(19)18-15(4,5)14(2,3)13(20)21/h6-7H,1-5H3,(H,18,19)(H,20,21). The van der Waals surface area contributed by atoms with E-state index < -0.39 is 34.5 Å². The first kappa shape index (κ1) is 17.1. The smallest absolute Gasteiger partial charge is 0.311 e. The van der Waals surface area contributed by atoms with Crippen LogP contribution in [0.15, 0.2) is 12.1 Å². The molecule has 21 heavy (non-hydrogen) atoms. The number of hydrogen-bond donors (Lipinski definition) is 2. The molecule has 0 fully saturated rings. The van der Waals surface area contributed by atoms with Crippen LogP contribution < -0.4 is 5.32 Å². The van der Waals surface area contributed by atoms with Gasteiger partial charge in [-0.2, -0.15) is 0 Å². The van der Waals surface area contributed by atoms with E-state index in [2.05, 4.69) is 5.32 Å². The predicted octanol–water partition coefficient (Wildman–Crippen LogP) is 2.89. The maximum atomic E-state index is 13.7. The monoisotopic (exact) mass is 299 g/mol. The van der Waals surface area contributed by atoms with Gasteiger partial charge in [0.1, 0.15) is 11.6 Å². The van der Waals surface area contributed by atoms with E-state index in [4.69, 9.17) is 0 Å². The maximum absolute atomic E-state index is 13.7. The molecular formula is C15H19F2NO3. The zero-order valence-electron chi connectivity index (χ0n) is 12.7. The molecule has 0 aliphatic carbocycles. The Balaban J connectivity index is 3.12. The fraction of sp³-hybridized carbons (Fsp3) is 0.467. The lowest BCUT2D eigenvalue weighted by molar-refractivity contribution is -0.150. The second-order valence-electron chi connectivity index (χ2n) is 6.09. The van der Waals surface area contributed by atoms with Crippen LogP contribution in [0, 0.1) is 24.0 Å². The molecule has 6 heteroatoms. The van der Waals surface area contributed by atoms with Crippen molar-refractivity contribution >= 4 is 11.9 Å². The summed E-state index contributed by atoms with van der Waals surface area (Å²) < 4.78 is 26.9. The van der Waals surface area contributed by atoms with Crippen molar-refractivity contribution in [3.05, 3.63) is 34.9 Å².